The van der Waals surface area contributed by atoms with Gasteiger partial charge in [0.2, 0.25) is 5.91 Å². The van der Waals surface area contributed by atoms with Gasteiger partial charge in [0.1, 0.15) is 5.75 Å². The van der Waals surface area contributed by atoms with Crippen molar-refractivity contribution in [3.8, 4) is 5.75 Å². The largest absolute Gasteiger partial charge is 0.426 e. The van der Waals surface area contributed by atoms with Crippen LogP contribution in [0.3, 0.4) is 0 Å². The molecule has 0 aromatic heterocycles. The molecule has 7 heteroatoms. The van der Waals surface area contributed by atoms with Crippen LogP contribution in [0.1, 0.15) is 44.1 Å². The Morgan fingerprint density at radius 1 is 1.16 bits per heavy atom. The number of nitrogens with one attached hydrogen (secondary N) is 1. The van der Waals surface area contributed by atoms with Crippen LogP contribution >= 0.6 is 0 Å². The van der Waals surface area contributed by atoms with Crippen LogP contribution in [0.15, 0.2) is 18.2 Å². The minimum absolute atomic E-state index is 0.00808. The molecule has 0 radical (unpaired) electrons. The van der Waals surface area contributed by atoms with E-state index in [1.807, 2.05) is 0 Å². The number of hydrogen-bond donors (Lipinski definition) is 1. The fourth-order valence-corrected chi connectivity index (χ4v) is 3.39. The molecule has 0 atom stereocenters. The lowest BCUT2D eigenvalue weighted by molar-refractivity contribution is -0.173. The quantitative estimate of drug-likeness (QED) is 0.663. The highest BCUT2D eigenvalue weighted by Gasteiger charge is 2.29. The molecule has 0 saturated heterocycles. The van der Waals surface area contributed by atoms with Crippen molar-refractivity contribution in [2.45, 2.75) is 57.7 Å². The van der Waals surface area contributed by atoms with Crippen LogP contribution in [0, 0.1) is 5.92 Å². The maximum Gasteiger partial charge on any atom is 0.345 e. The van der Waals surface area contributed by atoms with Gasteiger partial charge in [0.15, 0.2) is 0 Å². The summed E-state index contributed by atoms with van der Waals surface area (Å²) < 4.78 is 34.4. The topological polar surface area (TPSA) is 64.6 Å². The average Bonchev–Trinajstić information content (AvgIpc) is 2.75. The second-order valence-corrected chi connectivity index (χ2v) is 6.51. The standard InChI is InChI=1S/C18H21F2NO4/c19-18(20)25-13-6-4-11(5-7-13)17(23)24-14-8-9-15-12(10-14)2-1-3-16(22)21-15/h8-11,13,18H,1-7H2,(H,21,22). The molecule has 1 saturated carbocycles. The van der Waals surface area contributed by atoms with Crippen LogP contribution in [-0.2, 0) is 20.7 Å². The van der Waals surface area contributed by atoms with Gasteiger partial charge in [-0.15, -0.1) is 0 Å². The SMILES string of the molecule is O=C1CCCc2cc(OC(=O)C3CCC(OC(F)F)CC3)ccc2N1. The molecule has 1 aromatic carbocycles. The fourth-order valence-electron chi connectivity index (χ4n) is 3.39. The van der Waals surface area contributed by atoms with Crippen molar-refractivity contribution in [1.29, 1.82) is 0 Å². The lowest BCUT2D eigenvalue weighted by Gasteiger charge is -2.26. The van der Waals surface area contributed by atoms with Crippen molar-refractivity contribution < 1.29 is 27.8 Å². The average molecular weight is 353 g/mol. The van der Waals surface area contributed by atoms with E-state index in [-0.39, 0.29) is 17.8 Å². The van der Waals surface area contributed by atoms with E-state index in [4.69, 9.17) is 4.74 Å². The Labute approximate surface area is 144 Å². The molecule has 3 rings (SSSR count). The summed E-state index contributed by atoms with van der Waals surface area (Å²) in [6.07, 6.45) is 3.32. The van der Waals surface area contributed by atoms with Crippen LogP contribution in [-0.4, -0.2) is 24.6 Å². The number of amides is 1. The number of hydrogen-bond acceptors (Lipinski definition) is 4. The van der Waals surface area contributed by atoms with Crippen LogP contribution in [0.2, 0.25) is 0 Å². The zero-order valence-corrected chi connectivity index (χ0v) is 13.8. The summed E-state index contributed by atoms with van der Waals surface area (Å²) >= 11 is 0. The van der Waals surface area contributed by atoms with Crippen molar-refractivity contribution >= 4 is 17.6 Å². The summed E-state index contributed by atoms with van der Waals surface area (Å²) in [6.45, 7) is -2.77. The Bertz CT molecular complexity index is 642. The van der Waals surface area contributed by atoms with E-state index in [0.29, 0.717) is 37.9 Å². The van der Waals surface area contributed by atoms with Crippen molar-refractivity contribution in [1.82, 2.24) is 0 Å². The molecule has 1 fully saturated rings. The minimum Gasteiger partial charge on any atom is -0.426 e. The van der Waals surface area contributed by atoms with Gasteiger partial charge in [0.05, 0.1) is 12.0 Å². The number of carbonyl (C=O) groups is 2. The van der Waals surface area contributed by atoms with Gasteiger partial charge in [-0.2, -0.15) is 8.78 Å². The predicted octanol–water partition coefficient (Wildman–Crippen LogP) is 3.66. The number of fused-ring (bicyclic) bond motifs is 1. The first-order valence-corrected chi connectivity index (χ1v) is 8.59. The minimum atomic E-state index is -2.77. The Hall–Kier alpha value is -2.02. The number of anilines is 1. The van der Waals surface area contributed by atoms with Gasteiger partial charge in [-0.1, -0.05) is 0 Å². The molecule has 1 amide bonds. The Morgan fingerprint density at radius 3 is 2.64 bits per heavy atom. The highest BCUT2D eigenvalue weighted by molar-refractivity contribution is 5.92. The fraction of sp³-hybridized carbons (Fsp3) is 0.556. The summed E-state index contributed by atoms with van der Waals surface area (Å²) in [5.74, 6) is -0.193. The summed E-state index contributed by atoms with van der Waals surface area (Å²) in [5.41, 5.74) is 1.71. The van der Waals surface area contributed by atoms with Crippen molar-refractivity contribution in [3.63, 3.8) is 0 Å². The van der Waals surface area contributed by atoms with E-state index < -0.39 is 12.7 Å². The Balaban J connectivity index is 1.57. The molecule has 0 spiro atoms. The maximum atomic E-state index is 12.3. The molecule has 0 unspecified atom stereocenters. The molecule has 136 valence electrons. The van der Waals surface area contributed by atoms with Gasteiger partial charge < -0.3 is 14.8 Å². The zero-order valence-electron chi connectivity index (χ0n) is 13.8. The number of rotatable bonds is 4. The first-order valence-electron chi connectivity index (χ1n) is 8.59. The normalized spacial score (nSPS) is 23.6. The lowest BCUT2D eigenvalue weighted by atomic mass is 9.87. The van der Waals surface area contributed by atoms with E-state index in [0.717, 1.165) is 24.1 Å². The molecule has 1 aliphatic heterocycles. The predicted molar refractivity (Wildman–Crippen MR) is 86.5 cm³/mol. The van der Waals surface area contributed by atoms with E-state index in [1.165, 1.54) is 0 Å². The highest BCUT2D eigenvalue weighted by Crippen LogP contribution is 2.30. The molecule has 1 aliphatic carbocycles. The lowest BCUT2D eigenvalue weighted by Crippen LogP contribution is -2.29. The summed E-state index contributed by atoms with van der Waals surface area (Å²) in [7, 11) is 0. The number of carbonyl (C=O) groups excluding carboxylic acids is 2. The third-order valence-electron chi connectivity index (χ3n) is 4.72. The monoisotopic (exact) mass is 353 g/mol. The van der Waals surface area contributed by atoms with Crippen molar-refractivity contribution in [3.05, 3.63) is 23.8 Å². The number of esters is 1. The van der Waals surface area contributed by atoms with Gasteiger partial charge in [-0.05, 0) is 62.3 Å². The summed E-state index contributed by atoms with van der Waals surface area (Å²) in [4.78, 5) is 23.9. The van der Waals surface area contributed by atoms with Crippen molar-refractivity contribution in [2.24, 2.45) is 5.92 Å². The number of ether oxygens (including phenoxy) is 2. The van der Waals surface area contributed by atoms with Crippen LogP contribution in [0.25, 0.3) is 0 Å². The van der Waals surface area contributed by atoms with Gasteiger partial charge in [-0.3, -0.25) is 9.59 Å². The number of benzene rings is 1. The molecule has 1 aromatic rings. The van der Waals surface area contributed by atoms with Crippen molar-refractivity contribution in [2.75, 3.05) is 5.32 Å². The van der Waals surface area contributed by atoms with E-state index in [2.05, 4.69) is 10.1 Å². The second-order valence-electron chi connectivity index (χ2n) is 6.51. The summed E-state index contributed by atoms with van der Waals surface area (Å²) in [6, 6.07) is 5.19. The highest BCUT2D eigenvalue weighted by atomic mass is 19.3. The Kier molecular flexibility index (Phi) is 5.63. The van der Waals surface area contributed by atoms with E-state index in [9.17, 15) is 18.4 Å². The van der Waals surface area contributed by atoms with Crippen LogP contribution in [0.4, 0.5) is 14.5 Å². The molecule has 0 bridgehead atoms. The van der Waals surface area contributed by atoms with Gasteiger partial charge >= 0.3 is 12.6 Å². The molecular formula is C18H21F2NO4. The van der Waals surface area contributed by atoms with Crippen LogP contribution < -0.4 is 10.1 Å². The van der Waals surface area contributed by atoms with E-state index in [1.54, 1.807) is 18.2 Å². The third kappa shape index (κ3) is 4.75. The van der Waals surface area contributed by atoms with E-state index >= 15 is 0 Å². The first kappa shape index (κ1) is 17.8. The molecular weight excluding hydrogens is 332 g/mol. The first-order chi connectivity index (χ1) is 12.0. The molecule has 1 heterocycles. The number of aryl methyl sites for hydroxylation is 1. The maximum absolute atomic E-state index is 12.3. The molecule has 2 aliphatic rings. The van der Waals surface area contributed by atoms with Crippen LogP contribution in [0.5, 0.6) is 5.75 Å². The van der Waals surface area contributed by atoms with Gasteiger partial charge in [-0.25, -0.2) is 0 Å². The third-order valence-corrected chi connectivity index (χ3v) is 4.72. The second kappa shape index (κ2) is 7.91. The smallest absolute Gasteiger partial charge is 0.345 e. The molecule has 5 nitrogen and oxygen atoms in total. The van der Waals surface area contributed by atoms with Gasteiger partial charge in [0, 0.05) is 12.1 Å². The number of halogens is 2. The van der Waals surface area contributed by atoms with Gasteiger partial charge in [0.25, 0.3) is 0 Å². The zero-order chi connectivity index (χ0) is 17.8. The Morgan fingerprint density at radius 2 is 1.92 bits per heavy atom. The number of alkyl halides is 2. The summed E-state index contributed by atoms with van der Waals surface area (Å²) in [5, 5.41) is 2.83. The molecule has 1 N–H and O–H groups in total. The molecule has 25 heavy (non-hydrogen) atoms.